The summed E-state index contributed by atoms with van der Waals surface area (Å²) in [7, 11) is 1.69. The van der Waals surface area contributed by atoms with E-state index in [1.807, 2.05) is 34.0 Å². The van der Waals surface area contributed by atoms with Crippen molar-refractivity contribution in [3.8, 4) is 11.3 Å². The number of rotatable bonds is 7. The number of nitrogens with zero attached hydrogens (tertiary/aromatic N) is 2. The minimum Gasteiger partial charge on any atom is -0.455 e. The lowest BCUT2D eigenvalue weighted by Gasteiger charge is -2.31. The van der Waals surface area contributed by atoms with E-state index in [2.05, 4.69) is 5.32 Å². The van der Waals surface area contributed by atoms with Crippen LogP contribution in [0.1, 0.15) is 34.7 Å². The van der Waals surface area contributed by atoms with Crippen LogP contribution in [0.4, 0.5) is 14.5 Å². The second kappa shape index (κ2) is 11.5. The van der Waals surface area contributed by atoms with Crippen LogP contribution < -0.4 is 9.62 Å². The van der Waals surface area contributed by atoms with E-state index in [4.69, 9.17) is 4.42 Å². The molecule has 10 heteroatoms. The molecule has 1 fully saturated rings. The SMILES string of the molecule is CNC(=O)c1c(-c2ccc(F)cc2)oc2cc(N(C)SC)c(C3CCCN([SH+](=O)c4ccc(F)cc4)C3)cc12. The van der Waals surface area contributed by atoms with Crippen LogP contribution in [-0.2, 0) is 15.2 Å². The lowest BCUT2D eigenvalue weighted by atomic mass is 9.89. The first-order valence-corrected chi connectivity index (χ1v) is 15.0. The van der Waals surface area contributed by atoms with Gasteiger partial charge in [0.15, 0.2) is 15.9 Å². The zero-order valence-electron chi connectivity index (χ0n) is 21.9. The molecular weight excluding hydrogens is 540 g/mol. The topological polar surface area (TPSA) is 65.8 Å². The summed E-state index contributed by atoms with van der Waals surface area (Å²) >= 11 is 1.55. The second-order valence-electron chi connectivity index (χ2n) is 9.48. The number of carbonyl (C=O) groups excluding carboxylic acids is 1. The summed E-state index contributed by atoms with van der Waals surface area (Å²) < 4.78 is 50.7. The molecule has 39 heavy (non-hydrogen) atoms. The van der Waals surface area contributed by atoms with Crippen molar-refractivity contribution in [2.45, 2.75) is 23.7 Å². The van der Waals surface area contributed by atoms with Gasteiger partial charge in [0, 0.05) is 49.8 Å². The molecule has 6 nitrogen and oxygen atoms in total. The summed E-state index contributed by atoms with van der Waals surface area (Å²) in [6.07, 6.45) is 3.72. The molecule has 3 aromatic carbocycles. The van der Waals surface area contributed by atoms with Crippen molar-refractivity contribution in [2.75, 3.05) is 37.7 Å². The van der Waals surface area contributed by atoms with Crippen molar-refractivity contribution < 1.29 is 22.2 Å². The number of benzene rings is 3. The number of fused-ring (bicyclic) bond motifs is 1. The molecule has 2 unspecified atom stereocenters. The maximum Gasteiger partial charge on any atom is 0.255 e. The van der Waals surface area contributed by atoms with E-state index in [9.17, 15) is 17.8 Å². The maximum absolute atomic E-state index is 13.6. The Balaban J connectivity index is 1.60. The van der Waals surface area contributed by atoms with Gasteiger partial charge in [-0.1, -0.05) is 16.2 Å². The Morgan fingerprint density at radius 1 is 1.10 bits per heavy atom. The number of anilines is 1. The summed E-state index contributed by atoms with van der Waals surface area (Å²) in [4.78, 5) is 13.7. The maximum atomic E-state index is 13.6. The van der Waals surface area contributed by atoms with E-state index in [1.54, 1.807) is 43.3 Å². The van der Waals surface area contributed by atoms with Crippen molar-refractivity contribution in [3.63, 3.8) is 0 Å². The van der Waals surface area contributed by atoms with Gasteiger partial charge in [-0.25, -0.2) is 8.78 Å². The number of carbonyl (C=O) groups is 1. The zero-order valence-corrected chi connectivity index (χ0v) is 23.6. The Bertz CT molecular complexity index is 1520. The third kappa shape index (κ3) is 5.46. The average molecular weight is 571 g/mol. The van der Waals surface area contributed by atoms with Gasteiger partial charge in [-0.3, -0.25) is 4.79 Å². The Hall–Kier alpha value is -3.21. The molecule has 0 aliphatic carbocycles. The first kappa shape index (κ1) is 27.4. The van der Waals surface area contributed by atoms with Gasteiger partial charge in [-0.2, -0.15) is 0 Å². The van der Waals surface area contributed by atoms with E-state index < -0.39 is 11.0 Å². The number of furan rings is 1. The van der Waals surface area contributed by atoms with Crippen molar-refractivity contribution in [1.82, 2.24) is 9.62 Å². The van der Waals surface area contributed by atoms with Gasteiger partial charge in [-0.15, -0.1) is 4.31 Å². The van der Waals surface area contributed by atoms with Crippen LogP contribution in [0.5, 0.6) is 0 Å². The lowest BCUT2D eigenvalue weighted by molar-refractivity contribution is 0.0964. The van der Waals surface area contributed by atoms with E-state index >= 15 is 0 Å². The lowest BCUT2D eigenvalue weighted by Crippen LogP contribution is -2.36. The van der Waals surface area contributed by atoms with E-state index in [1.165, 1.54) is 24.3 Å². The number of hydrogen-bond acceptors (Lipinski definition) is 5. The molecular formula is C29H30F2N3O3S2+. The fraction of sp³-hybridized carbons (Fsp3) is 0.276. The highest BCUT2D eigenvalue weighted by molar-refractivity contribution is 7.99. The Morgan fingerprint density at radius 2 is 1.77 bits per heavy atom. The van der Waals surface area contributed by atoms with Gasteiger partial charge in [0.25, 0.3) is 5.91 Å². The molecule has 0 radical (unpaired) electrons. The first-order chi connectivity index (χ1) is 18.8. The molecule has 2 atom stereocenters. The van der Waals surface area contributed by atoms with Crippen LogP contribution in [0.15, 0.2) is 70.0 Å². The first-order valence-electron chi connectivity index (χ1n) is 12.6. The molecule has 1 aromatic heterocycles. The Morgan fingerprint density at radius 3 is 2.41 bits per heavy atom. The second-order valence-corrected chi connectivity index (χ2v) is 12.0. The van der Waals surface area contributed by atoms with Gasteiger partial charge in [0.05, 0.1) is 17.8 Å². The van der Waals surface area contributed by atoms with Crippen LogP contribution in [0, 0.1) is 11.6 Å². The third-order valence-electron chi connectivity index (χ3n) is 7.16. The van der Waals surface area contributed by atoms with Gasteiger partial charge < -0.3 is 14.0 Å². The van der Waals surface area contributed by atoms with Crippen LogP contribution in [0.25, 0.3) is 22.3 Å². The predicted octanol–water partition coefficient (Wildman–Crippen LogP) is 6.30. The quantitative estimate of drug-likeness (QED) is 0.161. The molecule has 0 bridgehead atoms. The molecule has 1 amide bonds. The molecule has 4 aromatic rings. The zero-order chi connectivity index (χ0) is 27.7. The molecule has 0 saturated carbocycles. The van der Waals surface area contributed by atoms with Crippen molar-refractivity contribution in [1.29, 1.82) is 0 Å². The molecule has 5 rings (SSSR count). The smallest absolute Gasteiger partial charge is 0.255 e. The van der Waals surface area contributed by atoms with Crippen molar-refractivity contribution >= 4 is 45.5 Å². The van der Waals surface area contributed by atoms with Crippen molar-refractivity contribution in [3.05, 3.63) is 83.4 Å². The molecule has 1 N–H and O–H groups in total. The number of hydrogen-bond donors (Lipinski definition) is 1. The highest BCUT2D eigenvalue weighted by Crippen LogP contribution is 2.42. The fourth-order valence-corrected chi connectivity index (χ4v) is 6.86. The minimum absolute atomic E-state index is 0.0499. The van der Waals surface area contributed by atoms with Crippen LogP contribution in [0.2, 0.25) is 0 Å². The summed E-state index contributed by atoms with van der Waals surface area (Å²) in [6.45, 7) is 1.24. The van der Waals surface area contributed by atoms with Crippen molar-refractivity contribution in [2.24, 2.45) is 0 Å². The number of piperidine rings is 1. The highest BCUT2D eigenvalue weighted by atomic mass is 32.2. The van der Waals surface area contributed by atoms with Crippen LogP contribution in [0.3, 0.4) is 0 Å². The monoisotopic (exact) mass is 570 g/mol. The standard InChI is InChI=1S/C29H29F2N3O3S2/c1-32-29(35)27-24-15-23(19-5-4-14-34(17-19)39(36)22-12-10-21(31)11-13-22)25(33(2)38-3)16-26(24)37-28(27)18-6-8-20(30)9-7-18/h6-13,15-16,19H,4-5,14,17H2,1-3H3,(H,32,35)/p+1. The number of thiol groups is 1. The fourth-order valence-electron chi connectivity index (χ4n) is 5.11. The summed E-state index contributed by atoms with van der Waals surface area (Å²) in [5, 5.41) is 3.38. The largest absolute Gasteiger partial charge is 0.455 e. The van der Waals surface area contributed by atoms with Gasteiger partial charge in [-0.05, 0) is 73.0 Å². The third-order valence-corrected chi connectivity index (χ3v) is 9.52. The average Bonchev–Trinajstić information content (AvgIpc) is 3.34. The minimum atomic E-state index is -1.85. The van der Waals surface area contributed by atoms with E-state index in [0.29, 0.717) is 45.8 Å². The Labute approximate surface area is 233 Å². The van der Waals surface area contributed by atoms with Gasteiger partial charge >= 0.3 is 0 Å². The van der Waals surface area contributed by atoms with E-state index in [0.717, 1.165) is 24.1 Å². The van der Waals surface area contributed by atoms with Gasteiger partial charge in [0.2, 0.25) is 0 Å². The van der Waals surface area contributed by atoms with Crippen LogP contribution in [-0.4, -0.2) is 43.7 Å². The number of amides is 1. The highest BCUT2D eigenvalue weighted by Gasteiger charge is 2.33. The number of halogens is 2. The predicted molar refractivity (Wildman–Crippen MR) is 155 cm³/mol. The molecule has 1 saturated heterocycles. The molecule has 204 valence electrons. The number of nitrogens with one attached hydrogen (secondary N) is 1. The molecule has 2 heterocycles. The molecule has 0 spiro atoms. The normalized spacial score (nSPS) is 16.8. The Kier molecular flexibility index (Phi) is 8.06. The molecule has 1 aliphatic rings. The molecule has 1 aliphatic heterocycles. The summed E-state index contributed by atoms with van der Waals surface area (Å²) in [6, 6.07) is 15.7. The van der Waals surface area contributed by atoms with Crippen LogP contribution >= 0.6 is 11.9 Å². The summed E-state index contributed by atoms with van der Waals surface area (Å²) in [5.74, 6) is -0.598. The summed E-state index contributed by atoms with van der Waals surface area (Å²) in [5.41, 5.74) is 3.53. The van der Waals surface area contributed by atoms with E-state index in [-0.39, 0.29) is 23.5 Å². The van der Waals surface area contributed by atoms with Gasteiger partial charge in [0.1, 0.15) is 23.0 Å².